The van der Waals surface area contributed by atoms with Crippen molar-refractivity contribution in [2.75, 3.05) is 17.3 Å². The number of anilines is 2. The highest BCUT2D eigenvalue weighted by atomic mass is 35.5. The molecule has 1 aromatic heterocycles. The van der Waals surface area contributed by atoms with Crippen molar-refractivity contribution in [2.45, 2.75) is 29.7 Å². The molecular formula is C30H23Cl2N3O5S2. The number of hydrogen-bond acceptors (Lipinski definition) is 7. The maximum Gasteiger partial charge on any atom is 0.308 e. The number of aryl methyl sites for hydroxylation is 1. The van der Waals surface area contributed by atoms with Crippen LogP contribution in [-0.2, 0) is 20.9 Å². The quantitative estimate of drug-likeness (QED) is 0.261. The Bertz CT molecular complexity index is 1790. The Morgan fingerprint density at radius 2 is 1.69 bits per heavy atom. The fourth-order valence-corrected chi connectivity index (χ4v) is 8.51. The van der Waals surface area contributed by atoms with Crippen LogP contribution < -0.4 is 19.8 Å². The number of rotatable bonds is 6. The zero-order valence-electron chi connectivity index (χ0n) is 22.3. The molecule has 0 saturated carbocycles. The van der Waals surface area contributed by atoms with E-state index >= 15 is 0 Å². The zero-order valence-corrected chi connectivity index (χ0v) is 25.4. The fourth-order valence-electron chi connectivity index (χ4n) is 5.32. The van der Waals surface area contributed by atoms with Crippen LogP contribution in [0.4, 0.5) is 11.4 Å². The number of imide groups is 1. The summed E-state index contributed by atoms with van der Waals surface area (Å²) in [5.41, 5.74) is 2.60. The van der Waals surface area contributed by atoms with Gasteiger partial charge in [0, 0.05) is 16.5 Å². The summed E-state index contributed by atoms with van der Waals surface area (Å²) in [6.07, 6.45) is 0. The van der Waals surface area contributed by atoms with Crippen molar-refractivity contribution in [3.63, 3.8) is 0 Å². The van der Waals surface area contributed by atoms with E-state index in [-0.39, 0.29) is 16.4 Å². The van der Waals surface area contributed by atoms with Gasteiger partial charge in [0.15, 0.2) is 0 Å². The molecule has 8 nitrogen and oxygen atoms in total. The maximum absolute atomic E-state index is 14.0. The molecule has 1 saturated heterocycles. The van der Waals surface area contributed by atoms with Gasteiger partial charge in [-0.2, -0.15) is 0 Å². The van der Waals surface area contributed by atoms with Crippen LogP contribution in [0.15, 0.2) is 76.6 Å². The average Bonchev–Trinajstić information content (AvgIpc) is 3.42. The van der Waals surface area contributed by atoms with Gasteiger partial charge in [-0.15, -0.1) is 0 Å². The number of nitrogens with zero attached hydrogens (tertiary/aromatic N) is 2. The molecule has 2 aliphatic heterocycles. The first-order chi connectivity index (χ1) is 20.2. The van der Waals surface area contributed by atoms with Crippen LogP contribution >= 0.6 is 46.3 Å². The minimum absolute atomic E-state index is 0.244. The van der Waals surface area contributed by atoms with E-state index in [1.54, 1.807) is 54.6 Å². The molecule has 0 radical (unpaired) electrons. The van der Waals surface area contributed by atoms with E-state index in [0.717, 1.165) is 28.7 Å². The molecule has 3 heterocycles. The molecule has 2 unspecified atom stereocenters. The number of ether oxygens (including phenoxy) is 1. The van der Waals surface area contributed by atoms with Gasteiger partial charge >= 0.3 is 4.87 Å². The summed E-state index contributed by atoms with van der Waals surface area (Å²) in [6, 6.07) is 19.1. The third kappa shape index (κ3) is 4.92. The minimum Gasteiger partial charge on any atom is -0.497 e. The highest BCUT2D eigenvalue weighted by Crippen LogP contribution is 2.55. The van der Waals surface area contributed by atoms with Crippen LogP contribution in [0.5, 0.6) is 5.75 Å². The molecule has 214 valence electrons. The number of amides is 3. The number of fused-ring (bicyclic) bond motifs is 2. The third-order valence-corrected chi connectivity index (χ3v) is 10.8. The maximum atomic E-state index is 14.0. The van der Waals surface area contributed by atoms with Gasteiger partial charge < -0.3 is 10.1 Å². The van der Waals surface area contributed by atoms with Gasteiger partial charge in [0.05, 0.1) is 33.8 Å². The second kappa shape index (κ2) is 11.3. The van der Waals surface area contributed by atoms with Gasteiger partial charge in [0.1, 0.15) is 17.5 Å². The molecule has 0 bridgehead atoms. The molecule has 2 aliphatic rings. The Hall–Kier alpha value is -3.57. The topological polar surface area (TPSA) is 97.7 Å². The molecule has 3 aromatic carbocycles. The van der Waals surface area contributed by atoms with E-state index in [4.69, 9.17) is 27.9 Å². The first-order valence-electron chi connectivity index (χ1n) is 12.9. The lowest BCUT2D eigenvalue weighted by Gasteiger charge is -2.31. The number of carbonyl (C=O) groups is 3. The van der Waals surface area contributed by atoms with E-state index < -0.39 is 34.8 Å². The van der Waals surface area contributed by atoms with Crippen molar-refractivity contribution in [1.82, 2.24) is 4.57 Å². The van der Waals surface area contributed by atoms with E-state index in [1.165, 1.54) is 16.6 Å². The minimum atomic E-state index is -0.854. The van der Waals surface area contributed by atoms with Gasteiger partial charge in [-0.25, -0.2) is 4.90 Å². The molecule has 1 N–H and O–H groups in total. The second-order valence-electron chi connectivity index (χ2n) is 9.93. The second-order valence-corrected chi connectivity index (χ2v) is 12.8. The number of hydrogen-bond donors (Lipinski definition) is 1. The van der Waals surface area contributed by atoms with Crippen LogP contribution in [0, 0.1) is 12.8 Å². The van der Waals surface area contributed by atoms with Crippen molar-refractivity contribution >= 4 is 75.4 Å². The first kappa shape index (κ1) is 28.5. The molecule has 3 amide bonds. The van der Waals surface area contributed by atoms with Gasteiger partial charge in [0.25, 0.3) is 0 Å². The Morgan fingerprint density at radius 1 is 0.976 bits per heavy atom. The third-order valence-electron chi connectivity index (χ3n) is 7.33. The number of halogens is 2. The number of methoxy groups -OCH3 is 1. The monoisotopic (exact) mass is 639 g/mol. The van der Waals surface area contributed by atoms with Crippen LogP contribution in [-0.4, -0.2) is 34.6 Å². The number of carbonyl (C=O) groups excluding carboxylic acids is 3. The lowest BCUT2D eigenvalue weighted by Crippen LogP contribution is -2.33. The van der Waals surface area contributed by atoms with Crippen LogP contribution in [0.2, 0.25) is 10.0 Å². The van der Waals surface area contributed by atoms with Crippen LogP contribution in [0.3, 0.4) is 0 Å². The molecule has 6 rings (SSSR count). The number of nitrogens with one attached hydrogen (secondary N) is 1. The molecule has 3 atom stereocenters. The number of benzene rings is 3. The smallest absolute Gasteiger partial charge is 0.308 e. The Morgan fingerprint density at radius 3 is 2.38 bits per heavy atom. The SMILES string of the molecule is COc1ccc(N2C(=O)C3Sc4c(sc(=O)n4CC(=O)Nc4ccc(C)cc4)[C@H](c4cccc(Cl)c4Cl)C3C2=O)cc1. The van der Waals surface area contributed by atoms with Gasteiger partial charge in [-0.1, -0.05) is 76.1 Å². The number of aromatic nitrogens is 1. The van der Waals surface area contributed by atoms with E-state index in [2.05, 4.69) is 5.32 Å². The van der Waals surface area contributed by atoms with Crippen molar-refractivity contribution in [1.29, 1.82) is 0 Å². The molecule has 4 aromatic rings. The Kier molecular flexibility index (Phi) is 7.65. The number of thioether (sulfide) groups is 1. The molecular weight excluding hydrogens is 617 g/mol. The largest absolute Gasteiger partial charge is 0.497 e. The lowest BCUT2D eigenvalue weighted by atomic mass is 9.83. The highest BCUT2D eigenvalue weighted by Gasteiger charge is 2.57. The van der Waals surface area contributed by atoms with E-state index in [1.807, 2.05) is 19.1 Å². The predicted molar refractivity (Wildman–Crippen MR) is 165 cm³/mol. The van der Waals surface area contributed by atoms with E-state index in [9.17, 15) is 19.2 Å². The average molecular weight is 641 g/mol. The Labute approximate surface area is 259 Å². The summed E-state index contributed by atoms with van der Waals surface area (Å²) in [6.45, 7) is 1.68. The van der Waals surface area contributed by atoms with Crippen molar-refractivity contribution in [3.05, 3.63) is 102 Å². The van der Waals surface area contributed by atoms with E-state index in [0.29, 0.717) is 37.6 Å². The first-order valence-corrected chi connectivity index (χ1v) is 15.4. The molecule has 0 spiro atoms. The molecule has 12 heteroatoms. The van der Waals surface area contributed by atoms with Gasteiger partial charge in [-0.3, -0.25) is 23.7 Å². The van der Waals surface area contributed by atoms with Crippen molar-refractivity contribution < 1.29 is 19.1 Å². The number of thiazole rings is 1. The molecule has 0 aliphatic carbocycles. The van der Waals surface area contributed by atoms with Crippen molar-refractivity contribution in [3.8, 4) is 5.75 Å². The van der Waals surface area contributed by atoms with Crippen LogP contribution in [0.1, 0.15) is 21.9 Å². The summed E-state index contributed by atoms with van der Waals surface area (Å²) >= 11 is 15.1. The summed E-state index contributed by atoms with van der Waals surface area (Å²) in [4.78, 5) is 55.7. The predicted octanol–water partition coefficient (Wildman–Crippen LogP) is 5.97. The van der Waals surface area contributed by atoms with Crippen molar-refractivity contribution in [2.24, 2.45) is 5.92 Å². The fraction of sp³-hybridized carbons (Fsp3) is 0.200. The van der Waals surface area contributed by atoms with Gasteiger partial charge in [-0.05, 0) is 55.0 Å². The van der Waals surface area contributed by atoms with Crippen LogP contribution in [0.25, 0.3) is 0 Å². The summed E-state index contributed by atoms with van der Waals surface area (Å²) < 4.78 is 6.59. The summed E-state index contributed by atoms with van der Waals surface area (Å²) in [5, 5.41) is 2.96. The zero-order chi connectivity index (χ0) is 29.7. The van der Waals surface area contributed by atoms with Gasteiger partial charge in [0.2, 0.25) is 17.7 Å². The standard InChI is InChI=1S/C30H23Cl2N3O5S2/c1-15-6-8-16(9-7-15)33-21(36)14-34-29-26(42-30(34)39)22(19-4-3-5-20(31)24(19)32)23-25(41-29)28(38)35(27(23)37)17-10-12-18(40-2)13-11-17/h3-13,22-23,25H,14H2,1-2H3,(H,33,36)/t22-,23?,25?/m1/s1. The summed E-state index contributed by atoms with van der Waals surface area (Å²) in [7, 11) is 1.53. The Balaban J connectivity index is 1.42. The summed E-state index contributed by atoms with van der Waals surface area (Å²) in [5.74, 6) is -2.20. The molecule has 42 heavy (non-hydrogen) atoms. The normalized spacial score (nSPS) is 19.4. The molecule has 1 fully saturated rings. The highest BCUT2D eigenvalue weighted by molar-refractivity contribution is 8.00. The lowest BCUT2D eigenvalue weighted by molar-refractivity contribution is -0.122.